The molecule has 1 aliphatic heterocycles. The molecule has 0 spiro atoms. The molecule has 3 rings (SSSR count). The Morgan fingerprint density at radius 3 is 2.86 bits per heavy atom. The van der Waals surface area contributed by atoms with Crippen LogP contribution in [0.3, 0.4) is 0 Å². The second kappa shape index (κ2) is 5.67. The molecule has 0 radical (unpaired) electrons. The highest BCUT2D eigenvalue weighted by Crippen LogP contribution is 2.34. The molecule has 0 saturated carbocycles. The van der Waals surface area contributed by atoms with Crippen molar-refractivity contribution in [1.82, 2.24) is 5.32 Å². The van der Waals surface area contributed by atoms with E-state index < -0.39 is 0 Å². The first-order valence-electron chi connectivity index (χ1n) is 6.66. The fourth-order valence-electron chi connectivity index (χ4n) is 2.54. The molecule has 0 saturated heterocycles. The van der Waals surface area contributed by atoms with E-state index in [1.54, 1.807) is 18.4 Å². The zero-order valence-corrected chi connectivity index (χ0v) is 13.4. The number of likely N-dealkylation sites (N-methyl/N-ethyl adjacent to an activating group) is 1. The molecule has 1 amide bonds. The summed E-state index contributed by atoms with van der Waals surface area (Å²) in [4.78, 5) is 15.2. The van der Waals surface area contributed by atoms with Crippen LogP contribution in [-0.2, 0) is 11.3 Å². The molecule has 1 aromatic carbocycles. The van der Waals surface area contributed by atoms with Crippen LogP contribution in [0.4, 0.5) is 11.4 Å². The van der Waals surface area contributed by atoms with E-state index in [1.807, 2.05) is 37.4 Å². The number of carbonyl (C=O) groups is 1. The predicted octanol–water partition coefficient (Wildman–Crippen LogP) is 3.25. The first kappa shape index (κ1) is 14.4. The number of thiophene rings is 1. The molecule has 1 unspecified atom stereocenters. The lowest BCUT2D eigenvalue weighted by molar-refractivity contribution is -0.117. The molecule has 21 heavy (non-hydrogen) atoms. The van der Waals surface area contributed by atoms with Crippen molar-refractivity contribution in [3.05, 3.63) is 45.1 Å². The Hall–Kier alpha value is -1.56. The minimum absolute atomic E-state index is 0.00246. The van der Waals surface area contributed by atoms with E-state index in [0.29, 0.717) is 0 Å². The quantitative estimate of drug-likeness (QED) is 0.908. The second-order valence-electron chi connectivity index (χ2n) is 5.04. The van der Waals surface area contributed by atoms with Gasteiger partial charge in [-0.05, 0) is 31.3 Å². The third kappa shape index (κ3) is 2.77. The first-order chi connectivity index (χ1) is 10.1. The molecule has 2 N–H and O–H groups in total. The van der Waals surface area contributed by atoms with Crippen LogP contribution < -0.4 is 15.5 Å². The van der Waals surface area contributed by atoms with E-state index in [2.05, 4.69) is 15.5 Å². The number of hydrogen-bond acceptors (Lipinski definition) is 4. The van der Waals surface area contributed by atoms with E-state index in [9.17, 15) is 4.79 Å². The molecule has 0 fully saturated rings. The zero-order chi connectivity index (χ0) is 15.0. The number of amides is 1. The van der Waals surface area contributed by atoms with Crippen molar-refractivity contribution < 1.29 is 4.79 Å². The number of carbonyl (C=O) groups excluding carboxylic acids is 1. The Balaban J connectivity index is 1.81. The maximum Gasteiger partial charge on any atom is 0.246 e. The van der Waals surface area contributed by atoms with Gasteiger partial charge in [0.15, 0.2) is 0 Å². The highest BCUT2D eigenvalue weighted by atomic mass is 35.5. The van der Waals surface area contributed by atoms with Crippen molar-refractivity contribution in [2.75, 3.05) is 24.3 Å². The van der Waals surface area contributed by atoms with Crippen LogP contribution in [0.2, 0.25) is 4.34 Å². The second-order valence-corrected chi connectivity index (χ2v) is 6.84. The van der Waals surface area contributed by atoms with Crippen LogP contribution in [0.1, 0.15) is 16.5 Å². The van der Waals surface area contributed by atoms with Crippen LogP contribution in [-0.4, -0.2) is 20.0 Å². The number of halogens is 1. The predicted molar refractivity (Wildman–Crippen MR) is 88.3 cm³/mol. The highest BCUT2D eigenvalue weighted by Gasteiger charge is 2.29. The summed E-state index contributed by atoms with van der Waals surface area (Å²) in [6.45, 7) is 0.791. The van der Waals surface area contributed by atoms with E-state index in [0.717, 1.165) is 27.8 Å². The summed E-state index contributed by atoms with van der Waals surface area (Å²) in [5, 5.41) is 5.94. The minimum Gasteiger partial charge on any atom is -0.369 e. The van der Waals surface area contributed by atoms with Gasteiger partial charge in [-0.15, -0.1) is 11.3 Å². The summed E-state index contributed by atoms with van der Waals surface area (Å²) in [5.74, 6) is -0.00246. The molecular formula is C15H16ClN3OS. The van der Waals surface area contributed by atoms with E-state index in [1.165, 1.54) is 4.88 Å². The molecule has 1 aliphatic rings. The molecule has 6 heteroatoms. The fourth-order valence-corrected chi connectivity index (χ4v) is 3.68. The van der Waals surface area contributed by atoms with Crippen molar-refractivity contribution in [2.24, 2.45) is 0 Å². The van der Waals surface area contributed by atoms with Gasteiger partial charge in [-0.25, -0.2) is 0 Å². The Labute approximate surface area is 132 Å². The van der Waals surface area contributed by atoms with Gasteiger partial charge in [0.1, 0.15) is 6.04 Å². The van der Waals surface area contributed by atoms with Crippen LogP contribution >= 0.6 is 22.9 Å². The number of nitrogens with one attached hydrogen (secondary N) is 2. The molecule has 2 heterocycles. The fraction of sp³-hybridized carbons (Fsp3) is 0.267. The number of hydrogen-bond donors (Lipinski definition) is 2. The van der Waals surface area contributed by atoms with Crippen LogP contribution in [0.15, 0.2) is 30.3 Å². The molecule has 1 aromatic heterocycles. The Morgan fingerprint density at radius 2 is 2.19 bits per heavy atom. The summed E-state index contributed by atoms with van der Waals surface area (Å²) in [6, 6.07) is 9.75. The largest absolute Gasteiger partial charge is 0.369 e. The van der Waals surface area contributed by atoms with E-state index >= 15 is 0 Å². The van der Waals surface area contributed by atoms with Gasteiger partial charge < -0.3 is 15.5 Å². The van der Waals surface area contributed by atoms with Gasteiger partial charge in [-0.3, -0.25) is 4.79 Å². The molecule has 0 bridgehead atoms. The Morgan fingerprint density at radius 1 is 1.38 bits per heavy atom. The summed E-state index contributed by atoms with van der Waals surface area (Å²) in [7, 11) is 3.82. The highest BCUT2D eigenvalue weighted by molar-refractivity contribution is 7.16. The lowest BCUT2D eigenvalue weighted by Crippen LogP contribution is -2.23. The van der Waals surface area contributed by atoms with Crippen LogP contribution in [0, 0.1) is 0 Å². The third-order valence-electron chi connectivity index (χ3n) is 3.62. The van der Waals surface area contributed by atoms with Gasteiger partial charge in [0.25, 0.3) is 0 Å². The maximum absolute atomic E-state index is 11.8. The SMILES string of the molecule is CNC1C(=O)Nc2cc(N(C)Cc3ccc(Cl)s3)ccc21. The lowest BCUT2D eigenvalue weighted by atomic mass is 10.1. The molecule has 0 aliphatic carbocycles. The number of anilines is 2. The van der Waals surface area contributed by atoms with Crippen molar-refractivity contribution in [1.29, 1.82) is 0 Å². The third-order valence-corrected chi connectivity index (χ3v) is 4.84. The summed E-state index contributed by atoms with van der Waals surface area (Å²) in [5.41, 5.74) is 2.95. The summed E-state index contributed by atoms with van der Waals surface area (Å²) in [6.07, 6.45) is 0. The normalized spacial score (nSPS) is 16.7. The molecule has 1 atom stereocenters. The lowest BCUT2D eigenvalue weighted by Gasteiger charge is -2.19. The monoisotopic (exact) mass is 321 g/mol. The number of benzene rings is 1. The van der Waals surface area contributed by atoms with Crippen molar-refractivity contribution >= 4 is 40.2 Å². The molecule has 2 aromatic rings. The van der Waals surface area contributed by atoms with Crippen LogP contribution in [0.5, 0.6) is 0 Å². The van der Waals surface area contributed by atoms with Gasteiger partial charge in [-0.2, -0.15) is 0 Å². The van der Waals surface area contributed by atoms with Gasteiger partial charge in [0, 0.05) is 28.9 Å². The maximum atomic E-state index is 11.8. The first-order valence-corrected chi connectivity index (χ1v) is 7.85. The standard InChI is InChI=1S/C15H16ClN3OS/c1-17-14-11-5-3-9(7-12(11)18-15(14)20)19(2)8-10-4-6-13(16)21-10/h3-7,14,17H,8H2,1-2H3,(H,18,20). The number of nitrogens with zero attached hydrogens (tertiary/aromatic N) is 1. The van der Waals surface area contributed by atoms with Crippen LogP contribution in [0.25, 0.3) is 0 Å². The van der Waals surface area contributed by atoms with Gasteiger partial charge in [0.2, 0.25) is 5.91 Å². The zero-order valence-electron chi connectivity index (χ0n) is 11.8. The number of rotatable bonds is 4. The van der Waals surface area contributed by atoms with Gasteiger partial charge in [0.05, 0.1) is 10.9 Å². The molecule has 110 valence electrons. The summed E-state index contributed by atoms with van der Waals surface area (Å²) >= 11 is 7.54. The Bertz CT molecular complexity index is 685. The minimum atomic E-state index is -0.254. The Kier molecular flexibility index (Phi) is 3.89. The van der Waals surface area contributed by atoms with E-state index in [4.69, 9.17) is 11.6 Å². The van der Waals surface area contributed by atoms with Gasteiger partial charge in [-0.1, -0.05) is 17.7 Å². The smallest absolute Gasteiger partial charge is 0.246 e. The topological polar surface area (TPSA) is 44.4 Å². The van der Waals surface area contributed by atoms with Gasteiger partial charge >= 0.3 is 0 Å². The number of fused-ring (bicyclic) bond motifs is 1. The van der Waals surface area contributed by atoms with Crippen molar-refractivity contribution in [3.63, 3.8) is 0 Å². The van der Waals surface area contributed by atoms with Crippen molar-refractivity contribution in [2.45, 2.75) is 12.6 Å². The average molecular weight is 322 g/mol. The average Bonchev–Trinajstić information content (AvgIpc) is 3.00. The molecule has 4 nitrogen and oxygen atoms in total. The van der Waals surface area contributed by atoms with E-state index in [-0.39, 0.29) is 11.9 Å². The summed E-state index contributed by atoms with van der Waals surface area (Å²) < 4.78 is 0.802. The molecular weight excluding hydrogens is 306 g/mol. The van der Waals surface area contributed by atoms with Crippen molar-refractivity contribution in [3.8, 4) is 0 Å².